The number of hydrogen-bond acceptors (Lipinski definition) is 4. The highest BCUT2D eigenvalue weighted by atomic mass is 16.5. The van der Waals surface area contributed by atoms with Crippen molar-refractivity contribution in [2.24, 2.45) is 10.9 Å². The van der Waals surface area contributed by atoms with E-state index in [1.165, 1.54) is 0 Å². The van der Waals surface area contributed by atoms with E-state index in [-0.39, 0.29) is 0 Å². The fourth-order valence-corrected chi connectivity index (χ4v) is 2.20. The molecule has 0 amide bonds. The molecule has 0 aromatic carbocycles. The van der Waals surface area contributed by atoms with Gasteiger partial charge in [-0.2, -0.15) is 0 Å². The van der Waals surface area contributed by atoms with Gasteiger partial charge in [-0.05, 0) is 12.3 Å². The van der Waals surface area contributed by atoms with Crippen molar-refractivity contribution in [3.05, 3.63) is 0 Å². The summed E-state index contributed by atoms with van der Waals surface area (Å²) in [6.07, 6.45) is 0.987. The van der Waals surface area contributed by atoms with Crippen molar-refractivity contribution in [3.63, 3.8) is 0 Å². The monoisotopic (exact) mass is 286 g/mol. The average molecular weight is 286 g/mol. The van der Waals surface area contributed by atoms with Gasteiger partial charge in [0.05, 0.1) is 13.2 Å². The van der Waals surface area contributed by atoms with E-state index in [0.29, 0.717) is 5.92 Å². The zero-order chi connectivity index (χ0) is 14.6. The molecule has 6 nitrogen and oxygen atoms in total. The summed E-state index contributed by atoms with van der Waals surface area (Å²) >= 11 is 0. The maximum Gasteiger partial charge on any atom is 0.190 e. The first-order chi connectivity index (χ1) is 9.76. The Kier molecular flexibility index (Phi) is 9.36. The smallest absolute Gasteiger partial charge is 0.190 e. The summed E-state index contributed by atoms with van der Waals surface area (Å²) in [7, 11) is 3.53. The Balaban J connectivity index is 2.12. The average Bonchev–Trinajstić information content (AvgIpc) is 2.47. The minimum absolute atomic E-state index is 0.589. The van der Waals surface area contributed by atoms with Gasteiger partial charge in [-0.15, -0.1) is 0 Å². The standard InChI is InChI=1S/C14H30N4O2/c1-13(12-18-6-9-20-10-7-18)11-17-14(15-2)16-5-4-8-19-3/h13H,4-12H2,1-3H3,(H2,15,16,17). The van der Waals surface area contributed by atoms with E-state index < -0.39 is 0 Å². The molecule has 1 saturated heterocycles. The topological polar surface area (TPSA) is 58.1 Å². The summed E-state index contributed by atoms with van der Waals surface area (Å²) in [5.74, 6) is 1.46. The Morgan fingerprint density at radius 2 is 2.10 bits per heavy atom. The molecular weight excluding hydrogens is 256 g/mol. The number of rotatable bonds is 8. The Labute approximate surface area is 122 Å². The largest absolute Gasteiger partial charge is 0.385 e. The molecule has 0 radical (unpaired) electrons. The number of nitrogens with one attached hydrogen (secondary N) is 2. The van der Waals surface area contributed by atoms with Crippen molar-refractivity contribution < 1.29 is 9.47 Å². The van der Waals surface area contributed by atoms with Gasteiger partial charge in [0.2, 0.25) is 0 Å². The predicted octanol–water partition coefficient (Wildman–Crippen LogP) is 0.156. The molecule has 1 atom stereocenters. The van der Waals surface area contributed by atoms with Gasteiger partial charge in [0.15, 0.2) is 5.96 Å². The van der Waals surface area contributed by atoms with Crippen LogP contribution in [0.15, 0.2) is 4.99 Å². The normalized spacial score (nSPS) is 18.9. The molecule has 0 aliphatic carbocycles. The number of morpholine rings is 1. The van der Waals surface area contributed by atoms with Gasteiger partial charge in [0.25, 0.3) is 0 Å². The Morgan fingerprint density at radius 3 is 2.75 bits per heavy atom. The first kappa shape index (κ1) is 17.2. The third kappa shape index (κ3) is 7.67. The fourth-order valence-electron chi connectivity index (χ4n) is 2.20. The summed E-state index contributed by atoms with van der Waals surface area (Å²) < 4.78 is 10.4. The number of hydrogen-bond donors (Lipinski definition) is 2. The highest BCUT2D eigenvalue weighted by molar-refractivity contribution is 5.79. The predicted molar refractivity (Wildman–Crippen MR) is 82.3 cm³/mol. The lowest BCUT2D eigenvalue weighted by atomic mass is 10.1. The third-order valence-corrected chi connectivity index (χ3v) is 3.33. The van der Waals surface area contributed by atoms with Gasteiger partial charge in [0, 0.05) is 53.5 Å². The van der Waals surface area contributed by atoms with Crippen LogP contribution in [0.2, 0.25) is 0 Å². The van der Waals surface area contributed by atoms with Crippen molar-refractivity contribution >= 4 is 5.96 Å². The molecular formula is C14H30N4O2. The Bertz CT molecular complexity index is 268. The lowest BCUT2D eigenvalue weighted by molar-refractivity contribution is 0.0320. The van der Waals surface area contributed by atoms with Gasteiger partial charge < -0.3 is 20.1 Å². The number of aliphatic imine (C=N–C) groups is 1. The van der Waals surface area contributed by atoms with Crippen LogP contribution >= 0.6 is 0 Å². The summed E-state index contributed by atoms with van der Waals surface area (Å²) in [6.45, 7) is 9.79. The molecule has 1 aliphatic rings. The van der Waals surface area contributed by atoms with Crippen molar-refractivity contribution in [1.82, 2.24) is 15.5 Å². The molecule has 1 fully saturated rings. The van der Waals surface area contributed by atoms with Crippen LogP contribution in [0, 0.1) is 5.92 Å². The molecule has 1 unspecified atom stereocenters. The molecule has 2 N–H and O–H groups in total. The highest BCUT2D eigenvalue weighted by Crippen LogP contribution is 2.02. The number of ether oxygens (including phenoxy) is 2. The summed E-state index contributed by atoms with van der Waals surface area (Å²) in [5, 5.41) is 6.66. The first-order valence-corrected chi connectivity index (χ1v) is 7.49. The van der Waals surface area contributed by atoms with Crippen LogP contribution in [0.5, 0.6) is 0 Å². The maximum atomic E-state index is 5.36. The summed E-state index contributed by atoms with van der Waals surface area (Å²) in [4.78, 5) is 6.69. The van der Waals surface area contributed by atoms with E-state index in [9.17, 15) is 0 Å². The highest BCUT2D eigenvalue weighted by Gasteiger charge is 2.13. The number of methoxy groups -OCH3 is 1. The van der Waals surface area contributed by atoms with Crippen LogP contribution < -0.4 is 10.6 Å². The minimum atomic E-state index is 0.589. The fraction of sp³-hybridized carbons (Fsp3) is 0.929. The van der Waals surface area contributed by atoms with Crippen LogP contribution in [0.4, 0.5) is 0 Å². The third-order valence-electron chi connectivity index (χ3n) is 3.33. The van der Waals surface area contributed by atoms with E-state index in [1.807, 2.05) is 0 Å². The second-order valence-electron chi connectivity index (χ2n) is 5.24. The van der Waals surface area contributed by atoms with E-state index in [1.54, 1.807) is 14.2 Å². The minimum Gasteiger partial charge on any atom is -0.385 e. The lowest BCUT2D eigenvalue weighted by Crippen LogP contribution is -2.44. The molecule has 6 heteroatoms. The molecule has 0 saturated carbocycles. The first-order valence-electron chi connectivity index (χ1n) is 7.49. The van der Waals surface area contributed by atoms with Crippen molar-refractivity contribution in [3.8, 4) is 0 Å². The SMILES string of the molecule is CN=C(NCCCOC)NCC(C)CN1CCOCC1. The number of nitrogens with zero attached hydrogens (tertiary/aromatic N) is 2. The Morgan fingerprint density at radius 1 is 1.35 bits per heavy atom. The quantitative estimate of drug-likeness (QED) is 0.378. The van der Waals surface area contributed by atoms with E-state index >= 15 is 0 Å². The van der Waals surface area contributed by atoms with Gasteiger partial charge in [-0.3, -0.25) is 9.89 Å². The molecule has 0 aromatic rings. The van der Waals surface area contributed by atoms with Crippen LogP contribution in [0.3, 0.4) is 0 Å². The van der Waals surface area contributed by atoms with E-state index in [0.717, 1.165) is 64.9 Å². The maximum absolute atomic E-state index is 5.36. The van der Waals surface area contributed by atoms with E-state index in [2.05, 4.69) is 27.4 Å². The van der Waals surface area contributed by atoms with Crippen LogP contribution in [-0.4, -0.2) is 77.6 Å². The van der Waals surface area contributed by atoms with Gasteiger partial charge in [0.1, 0.15) is 0 Å². The molecule has 1 heterocycles. The second kappa shape index (κ2) is 10.9. The van der Waals surface area contributed by atoms with Crippen LogP contribution in [-0.2, 0) is 9.47 Å². The zero-order valence-corrected chi connectivity index (χ0v) is 13.2. The molecule has 20 heavy (non-hydrogen) atoms. The van der Waals surface area contributed by atoms with Crippen molar-refractivity contribution in [2.45, 2.75) is 13.3 Å². The summed E-state index contributed by atoms with van der Waals surface area (Å²) in [6, 6.07) is 0. The van der Waals surface area contributed by atoms with E-state index in [4.69, 9.17) is 9.47 Å². The molecule has 1 rings (SSSR count). The van der Waals surface area contributed by atoms with Crippen molar-refractivity contribution in [2.75, 3.05) is 66.7 Å². The second-order valence-corrected chi connectivity index (χ2v) is 5.24. The molecule has 118 valence electrons. The summed E-state index contributed by atoms with van der Waals surface area (Å²) in [5.41, 5.74) is 0. The molecule has 0 bridgehead atoms. The van der Waals surface area contributed by atoms with Gasteiger partial charge in [-0.25, -0.2) is 0 Å². The van der Waals surface area contributed by atoms with Crippen molar-refractivity contribution in [1.29, 1.82) is 0 Å². The van der Waals surface area contributed by atoms with Gasteiger partial charge >= 0.3 is 0 Å². The zero-order valence-electron chi connectivity index (χ0n) is 13.2. The number of guanidine groups is 1. The molecule has 1 aliphatic heterocycles. The van der Waals surface area contributed by atoms with Gasteiger partial charge in [-0.1, -0.05) is 6.92 Å². The Hall–Kier alpha value is -0.850. The van der Waals surface area contributed by atoms with Crippen LogP contribution in [0.1, 0.15) is 13.3 Å². The van der Waals surface area contributed by atoms with Crippen LogP contribution in [0.25, 0.3) is 0 Å². The molecule has 0 spiro atoms. The molecule has 0 aromatic heterocycles. The lowest BCUT2D eigenvalue weighted by Gasteiger charge is -2.29.